The molecule has 0 aliphatic carbocycles. The van der Waals surface area contributed by atoms with Crippen LogP contribution in [0.5, 0.6) is 6.01 Å². The molecular formula is C16H13ClF5N5O. The molecule has 2 aromatic rings. The molecule has 0 atom stereocenters. The lowest BCUT2D eigenvalue weighted by Crippen LogP contribution is -2.09. The first-order chi connectivity index (χ1) is 13.0. The predicted molar refractivity (Wildman–Crippen MR) is 90.4 cm³/mol. The number of anilines is 1. The third kappa shape index (κ3) is 5.84. The molecule has 0 radical (unpaired) electrons. The van der Waals surface area contributed by atoms with Gasteiger partial charge in [-0.3, -0.25) is 0 Å². The summed E-state index contributed by atoms with van der Waals surface area (Å²) in [4.78, 5) is 6.83. The molecule has 2 N–H and O–H groups in total. The minimum Gasteiger partial charge on any atom is -0.457 e. The first-order valence-electron chi connectivity index (χ1n) is 7.53. The number of hydrogen-bond acceptors (Lipinski definition) is 6. The number of nitrogens with zero attached hydrogens (tertiary/aromatic N) is 3. The fraction of sp³-hybridized carbons (Fsp3) is 0.250. The number of ether oxygens (including phenoxy) is 1. The van der Waals surface area contributed by atoms with Crippen LogP contribution >= 0.6 is 11.6 Å². The summed E-state index contributed by atoms with van der Waals surface area (Å²) in [5.41, 5.74) is 5.93. The summed E-state index contributed by atoms with van der Waals surface area (Å²) in [5, 5.41) is 5.74. The number of alkyl halides is 5. The second kappa shape index (κ2) is 8.46. The molecule has 0 aliphatic heterocycles. The van der Waals surface area contributed by atoms with E-state index in [1.165, 1.54) is 18.3 Å². The van der Waals surface area contributed by atoms with Crippen molar-refractivity contribution in [3.63, 3.8) is 0 Å². The van der Waals surface area contributed by atoms with Gasteiger partial charge < -0.3 is 10.1 Å². The fourth-order valence-corrected chi connectivity index (χ4v) is 2.18. The van der Waals surface area contributed by atoms with Crippen LogP contribution in [0.1, 0.15) is 18.1 Å². The monoisotopic (exact) mass is 421 g/mol. The second-order valence-corrected chi connectivity index (χ2v) is 5.92. The topological polar surface area (TPSA) is 83.2 Å². The minimum absolute atomic E-state index is 0.00302. The van der Waals surface area contributed by atoms with Gasteiger partial charge in [-0.05, 0) is 18.2 Å². The van der Waals surface area contributed by atoms with Crippen molar-refractivity contribution in [3.05, 3.63) is 58.6 Å². The molecule has 1 aromatic carbocycles. The molecule has 0 saturated heterocycles. The Morgan fingerprint density at radius 3 is 2.43 bits per heavy atom. The molecule has 0 bridgehead atoms. The average molecular weight is 422 g/mol. The lowest BCUT2D eigenvalue weighted by atomic mass is 10.1. The van der Waals surface area contributed by atoms with Crippen molar-refractivity contribution in [1.29, 1.82) is 5.53 Å². The maximum Gasteiger partial charge on any atom is 0.419 e. The van der Waals surface area contributed by atoms with Gasteiger partial charge in [-0.25, -0.2) is 24.3 Å². The van der Waals surface area contributed by atoms with Gasteiger partial charge >= 0.3 is 12.2 Å². The Balaban J connectivity index is 2.04. The van der Waals surface area contributed by atoms with Crippen LogP contribution in [0.15, 0.2) is 47.6 Å². The van der Waals surface area contributed by atoms with E-state index in [9.17, 15) is 22.0 Å². The first kappa shape index (κ1) is 21.5. The van der Waals surface area contributed by atoms with Gasteiger partial charge in [-0.15, -0.1) is 0 Å². The van der Waals surface area contributed by atoms with Crippen LogP contribution in [0.3, 0.4) is 0 Å². The van der Waals surface area contributed by atoms with E-state index in [0.717, 1.165) is 6.07 Å². The molecule has 0 unspecified atom stereocenters. The molecular weight excluding hydrogens is 409 g/mol. The largest absolute Gasteiger partial charge is 0.457 e. The minimum atomic E-state index is -4.57. The van der Waals surface area contributed by atoms with Crippen molar-refractivity contribution in [1.82, 2.24) is 9.97 Å². The van der Waals surface area contributed by atoms with E-state index in [4.69, 9.17) is 21.9 Å². The molecule has 0 amide bonds. The zero-order valence-corrected chi connectivity index (χ0v) is 14.9. The van der Waals surface area contributed by atoms with Crippen molar-refractivity contribution in [2.45, 2.75) is 19.0 Å². The van der Waals surface area contributed by atoms with Gasteiger partial charge in [0, 0.05) is 41.8 Å². The summed E-state index contributed by atoms with van der Waals surface area (Å²) < 4.78 is 69.4. The van der Waals surface area contributed by atoms with E-state index in [2.05, 4.69) is 20.4 Å². The zero-order valence-electron chi connectivity index (χ0n) is 14.2. The number of rotatable bonds is 7. The highest BCUT2D eigenvalue weighted by molar-refractivity contribution is 6.31. The molecule has 0 fully saturated rings. The van der Waals surface area contributed by atoms with E-state index in [1.54, 1.807) is 0 Å². The molecule has 28 heavy (non-hydrogen) atoms. The van der Waals surface area contributed by atoms with Crippen LogP contribution in [-0.2, 0) is 12.1 Å². The Bertz CT molecular complexity index is 865. The van der Waals surface area contributed by atoms with Crippen LogP contribution in [0.25, 0.3) is 0 Å². The highest BCUT2D eigenvalue weighted by atomic mass is 35.5. The van der Waals surface area contributed by atoms with Gasteiger partial charge in [-0.1, -0.05) is 11.6 Å². The molecule has 6 nitrogen and oxygen atoms in total. The third-order valence-electron chi connectivity index (χ3n) is 3.29. The highest BCUT2D eigenvalue weighted by Crippen LogP contribution is 2.34. The molecule has 0 saturated carbocycles. The van der Waals surface area contributed by atoms with Crippen LogP contribution in [0, 0.1) is 5.53 Å². The van der Waals surface area contributed by atoms with Crippen molar-refractivity contribution in [2.75, 3.05) is 11.9 Å². The molecule has 1 heterocycles. The van der Waals surface area contributed by atoms with Gasteiger partial charge in [-0.2, -0.15) is 18.3 Å². The normalized spacial score (nSPS) is 12.6. The second-order valence-electron chi connectivity index (χ2n) is 5.52. The summed E-state index contributed by atoms with van der Waals surface area (Å²) in [6.45, 7) is 0.364. The van der Waals surface area contributed by atoms with Crippen LogP contribution in [0.4, 0.5) is 27.6 Å². The van der Waals surface area contributed by atoms with E-state index in [-0.39, 0.29) is 34.6 Å². The lowest BCUT2D eigenvalue weighted by molar-refractivity contribution is -0.138. The van der Waals surface area contributed by atoms with Crippen LogP contribution < -0.4 is 10.1 Å². The first-order valence-corrected chi connectivity index (χ1v) is 7.91. The molecule has 0 spiro atoms. The smallest absolute Gasteiger partial charge is 0.419 e. The molecule has 0 aliphatic rings. The Kier molecular flexibility index (Phi) is 6.49. The van der Waals surface area contributed by atoms with Gasteiger partial charge in [0.15, 0.2) is 0 Å². The van der Waals surface area contributed by atoms with Crippen molar-refractivity contribution in [2.24, 2.45) is 5.11 Å². The standard InChI is InChI=1S/C16H13ClF5N5O/c1-15(18,19)12-4-10(2-3-13(12)17)24-7-11(27-23)8-28-14-25-5-9(6-26-14)16(20,21)22/h2-7,23-24H,8H2,1H3/b11-7-,27-23?. The van der Waals surface area contributed by atoms with Crippen LogP contribution in [0.2, 0.25) is 5.02 Å². The van der Waals surface area contributed by atoms with E-state index < -0.39 is 17.7 Å². The van der Waals surface area contributed by atoms with Crippen molar-refractivity contribution in [3.8, 4) is 6.01 Å². The Morgan fingerprint density at radius 2 is 1.89 bits per heavy atom. The number of nitrogens with one attached hydrogen (secondary N) is 2. The van der Waals surface area contributed by atoms with Crippen LogP contribution in [-0.4, -0.2) is 16.6 Å². The zero-order chi connectivity index (χ0) is 20.9. The van der Waals surface area contributed by atoms with Crippen molar-refractivity contribution >= 4 is 17.3 Å². The van der Waals surface area contributed by atoms with Gasteiger partial charge in [0.05, 0.1) is 5.56 Å². The fourth-order valence-electron chi connectivity index (χ4n) is 1.90. The van der Waals surface area contributed by atoms with E-state index in [0.29, 0.717) is 19.3 Å². The maximum absolute atomic E-state index is 13.5. The molecule has 1 aromatic heterocycles. The lowest BCUT2D eigenvalue weighted by Gasteiger charge is -2.14. The van der Waals surface area contributed by atoms with Gasteiger partial charge in [0.1, 0.15) is 12.3 Å². The van der Waals surface area contributed by atoms with E-state index >= 15 is 0 Å². The highest BCUT2D eigenvalue weighted by Gasteiger charge is 2.31. The molecule has 150 valence electrons. The third-order valence-corrected chi connectivity index (χ3v) is 3.62. The number of aromatic nitrogens is 2. The molecule has 12 heteroatoms. The summed E-state index contributed by atoms with van der Waals surface area (Å²) in [6.07, 6.45) is -2.25. The average Bonchev–Trinajstić information content (AvgIpc) is 2.61. The Morgan fingerprint density at radius 1 is 1.25 bits per heavy atom. The summed E-state index contributed by atoms with van der Waals surface area (Å²) >= 11 is 5.75. The summed E-state index contributed by atoms with van der Waals surface area (Å²) in [7, 11) is 0. The number of hydrogen-bond donors (Lipinski definition) is 2. The summed E-state index contributed by atoms with van der Waals surface area (Å²) in [5.74, 6) is -3.15. The van der Waals surface area contributed by atoms with Gasteiger partial charge in [0.2, 0.25) is 0 Å². The maximum atomic E-state index is 13.5. The SMILES string of the molecule is CC(F)(F)c1cc(N/C=C(/COc2ncc(C(F)(F)F)cn2)N=N)ccc1Cl. The van der Waals surface area contributed by atoms with Gasteiger partial charge in [0.25, 0.3) is 5.92 Å². The Labute approximate surface area is 160 Å². The Hall–Kier alpha value is -2.82. The summed E-state index contributed by atoms with van der Waals surface area (Å²) in [6, 6.07) is 3.52. The van der Waals surface area contributed by atoms with Crippen molar-refractivity contribution < 1.29 is 26.7 Å². The quantitative estimate of drug-likeness (QED) is 0.448. The number of benzene rings is 1. The van der Waals surface area contributed by atoms with E-state index in [1.807, 2.05) is 0 Å². The molecule has 2 rings (SSSR count). The predicted octanol–water partition coefficient (Wildman–Crippen LogP) is 5.62. The number of halogens is 6.